The van der Waals surface area contributed by atoms with Gasteiger partial charge in [-0.05, 0) is 18.4 Å². The maximum Gasteiger partial charge on any atom is 0.321 e. The molecule has 5 nitrogen and oxygen atoms in total. The highest BCUT2D eigenvalue weighted by Crippen LogP contribution is 2.18. The van der Waals surface area contributed by atoms with Crippen molar-refractivity contribution in [2.45, 2.75) is 19.0 Å². The molecule has 100 valence electrons. The van der Waals surface area contributed by atoms with Gasteiger partial charge in [-0.25, -0.2) is 0 Å². The van der Waals surface area contributed by atoms with Crippen LogP contribution in [0, 0.1) is 0 Å². The van der Waals surface area contributed by atoms with Crippen molar-refractivity contribution in [3.63, 3.8) is 0 Å². The number of aliphatic carboxylic acids is 1. The van der Waals surface area contributed by atoms with Crippen LogP contribution in [0.5, 0.6) is 0 Å². The number of carbonyl (C=O) groups is 2. The van der Waals surface area contributed by atoms with Crippen LogP contribution in [0.3, 0.4) is 0 Å². The average molecular weight is 288 g/mol. The van der Waals surface area contributed by atoms with E-state index in [0.717, 1.165) is 4.88 Å². The monoisotopic (exact) mass is 288 g/mol. The van der Waals surface area contributed by atoms with Crippen molar-refractivity contribution in [1.82, 2.24) is 5.32 Å². The Bertz CT molecular complexity index is 395. The number of amides is 1. The zero-order valence-corrected chi connectivity index (χ0v) is 11.6. The molecule has 18 heavy (non-hydrogen) atoms. The van der Waals surface area contributed by atoms with Crippen molar-refractivity contribution in [3.8, 4) is 0 Å². The maximum atomic E-state index is 11.6. The summed E-state index contributed by atoms with van der Waals surface area (Å²) in [5.41, 5.74) is 5.33. The van der Waals surface area contributed by atoms with E-state index in [9.17, 15) is 9.59 Å². The van der Waals surface area contributed by atoms with Gasteiger partial charge < -0.3 is 16.2 Å². The number of carbonyl (C=O) groups excluding carboxylic acids is 1. The molecule has 0 saturated carbocycles. The minimum absolute atomic E-state index is 0.0220. The van der Waals surface area contributed by atoms with Gasteiger partial charge in [0.1, 0.15) is 6.04 Å². The number of nitrogens with one attached hydrogen (secondary N) is 1. The lowest BCUT2D eigenvalue weighted by Gasteiger charge is -2.12. The number of nitrogens with two attached hydrogens (primary N) is 1. The molecule has 1 heterocycles. The van der Waals surface area contributed by atoms with Crippen molar-refractivity contribution in [1.29, 1.82) is 0 Å². The Balaban J connectivity index is 2.24. The smallest absolute Gasteiger partial charge is 0.321 e. The number of thioether (sulfide) groups is 1. The summed E-state index contributed by atoms with van der Waals surface area (Å²) in [4.78, 5) is 23.1. The lowest BCUT2D eigenvalue weighted by atomic mass is 10.3. The highest BCUT2D eigenvalue weighted by Gasteiger charge is 2.14. The number of hydrogen-bond acceptors (Lipinski definition) is 5. The Morgan fingerprint density at radius 2 is 2.33 bits per heavy atom. The Morgan fingerprint density at radius 3 is 2.89 bits per heavy atom. The summed E-state index contributed by atoms with van der Waals surface area (Å²) in [6.45, 7) is 1.91. The molecule has 1 aromatic heterocycles. The van der Waals surface area contributed by atoms with E-state index in [-0.39, 0.29) is 23.5 Å². The summed E-state index contributed by atoms with van der Waals surface area (Å²) in [5, 5.41) is 13.4. The molecule has 1 amide bonds. The van der Waals surface area contributed by atoms with Crippen molar-refractivity contribution in [2.24, 2.45) is 5.73 Å². The van der Waals surface area contributed by atoms with Gasteiger partial charge in [-0.1, -0.05) is 6.07 Å². The number of rotatable bonds is 7. The van der Waals surface area contributed by atoms with Crippen LogP contribution in [0.1, 0.15) is 17.8 Å². The van der Waals surface area contributed by atoms with Crippen LogP contribution in [0.4, 0.5) is 0 Å². The number of carboxylic acids is 1. The van der Waals surface area contributed by atoms with Gasteiger partial charge in [0.05, 0.1) is 11.8 Å². The molecule has 1 rings (SSSR count). The second-order valence-corrected chi connectivity index (χ2v) is 5.77. The van der Waals surface area contributed by atoms with Crippen molar-refractivity contribution >= 4 is 35.0 Å². The van der Waals surface area contributed by atoms with Gasteiger partial charge in [0.15, 0.2) is 0 Å². The second-order valence-electron chi connectivity index (χ2n) is 3.76. The van der Waals surface area contributed by atoms with Crippen LogP contribution in [0.25, 0.3) is 0 Å². The van der Waals surface area contributed by atoms with E-state index < -0.39 is 12.0 Å². The summed E-state index contributed by atoms with van der Waals surface area (Å²) in [6, 6.07) is 2.95. The van der Waals surface area contributed by atoms with Crippen LogP contribution in [-0.2, 0) is 9.59 Å². The van der Waals surface area contributed by atoms with Crippen molar-refractivity contribution in [3.05, 3.63) is 22.4 Å². The van der Waals surface area contributed by atoms with E-state index in [4.69, 9.17) is 10.8 Å². The minimum Gasteiger partial charge on any atom is -0.480 e. The quantitative estimate of drug-likeness (QED) is 0.698. The molecule has 7 heteroatoms. The molecule has 2 atom stereocenters. The first kappa shape index (κ1) is 15.0. The molecule has 0 aliphatic heterocycles. The van der Waals surface area contributed by atoms with Crippen LogP contribution in [-0.4, -0.2) is 34.5 Å². The predicted octanol–water partition coefficient (Wildman–Crippen LogP) is 1.07. The third-order valence-electron chi connectivity index (χ3n) is 2.20. The molecule has 0 fully saturated rings. The Hall–Kier alpha value is -1.05. The molecule has 0 saturated heterocycles. The van der Waals surface area contributed by atoms with Gasteiger partial charge in [-0.15, -0.1) is 23.1 Å². The standard InChI is InChI=1S/C11H16N2O3S2/c1-7(9-3-2-4-18-9)13-10(14)6-17-5-8(12)11(15)16/h2-4,7-8H,5-6,12H2,1H3,(H,13,14)(H,15,16). The van der Waals surface area contributed by atoms with Gasteiger partial charge >= 0.3 is 5.97 Å². The summed E-state index contributed by atoms with van der Waals surface area (Å²) in [6.07, 6.45) is 0. The Morgan fingerprint density at radius 1 is 1.61 bits per heavy atom. The zero-order chi connectivity index (χ0) is 13.5. The van der Waals surface area contributed by atoms with Crippen LogP contribution < -0.4 is 11.1 Å². The highest BCUT2D eigenvalue weighted by molar-refractivity contribution is 8.00. The maximum absolute atomic E-state index is 11.6. The largest absolute Gasteiger partial charge is 0.480 e. The Kier molecular flexibility index (Phi) is 6.17. The van der Waals surface area contributed by atoms with Gasteiger partial charge in [0, 0.05) is 10.6 Å². The van der Waals surface area contributed by atoms with E-state index in [0.29, 0.717) is 0 Å². The third-order valence-corrected chi connectivity index (χ3v) is 4.31. The minimum atomic E-state index is -1.05. The molecular formula is C11H16N2O3S2. The van der Waals surface area contributed by atoms with Gasteiger partial charge in [-0.2, -0.15) is 0 Å². The first-order valence-electron chi connectivity index (χ1n) is 5.39. The molecule has 0 aliphatic carbocycles. The highest BCUT2D eigenvalue weighted by atomic mass is 32.2. The molecule has 2 unspecified atom stereocenters. The summed E-state index contributed by atoms with van der Waals surface area (Å²) in [7, 11) is 0. The molecule has 0 spiro atoms. The van der Waals surface area contributed by atoms with E-state index in [1.54, 1.807) is 11.3 Å². The predicted molar refractivity (Wildman–Crippen MR) is 73.8 cm³/mol. The third kappa shape index (κ3) is 5.07. The van der Waals surface area contributed by atoms with Crippen LogP contribution in [0.15, 0.2) is 17.5 Å². The molecule has 4 N–H and O–H groups in total. The first-order valence-corrected chi connectivity index (χ1v) is 7.43. The lowest BCUT2D eigenvalue weighted by molar-refractivity contribution is -0.138. The molecule has 0 bridgehead atoms. The van der Waals surface area contributed by atoms with Crippen LogP contribution in [0.2, 0.25) is 0 Å². The van der Waals surface area contributed by atoms with Gasteiger partial charge in [0.2, 0.25) is 5.91 Å². The van der Waals surface area contributed by atoms with Gasteiger partial charge in [0.25, 0.3) is 0 Å². The van der Waals surface area contributed by atoms with E-state index in [1.165, 1.54) is 11.8 Å². The van der Waals surface area contributed by atoms with E-state index >= 15 is 0 Å². The molecule has 0 radical (unpaired) electrons. The molecule has 0 aliphatic rings. The van der Waals surface area contributed by atoms with Crippen LogP contribution >= 0.6 is 23.1 Å². The number of carboxylic acid groups (broad SMARTS) is 1. The van der Waals surface area contributed by atoms with Gasteiger partial charge in [-0.3, -0.25) is 9.59 Å². The van der Waals surface area contributed by atoms with E-state index in [1.807, 2.05) is 24.4 Å². The first-order chi connectivity index (χ1) is 8.50. The Labute approximate surface area is 114 Å². The zero-order valence-electron chi connectivity index (χ0n) is 9.96. The summed E-state index contributed by atoms with van der Waals surface area (Å²) >= 11 is 2.81. The topological polar surface area (TPSA) is 92.4 Å². The lowest BCUT2D eigenvalue weighted by Crippen LogP contribution is -2.34. The molecule has 1 aromatic rings. The summed E-state index contributed by atoms with van der Waals surface area (Å²) < 4.78 is 0. The fourth-order valence-electron chi connectivity index (χ4n) is 1.24. The summed E-state index contributed by atoms with van der Waals surface area (Å²) in [5.74, 6) is -0.708. The second kappa shape index (κ2) is 7.40. The number of thiophene rings is 1. The average Bonchev–Trinajstić information content (AvgIpc) is 2.81. The van der Waals surface area contributed by atoms with E-state index in [2.05, 4.69) is 5.32 Å². The fourth-order valence-corrected chi connectivity index (χ4v) is 2.76. The molecule has 0 aromatic carbocycles. The normalized spacial score (nSPS) is 13.9. The van der Waals surface area contributed by atoms with Crippen molar-refractivity contribution < 1.29 is 14.7 Å². The SMILES string of the molecule is CC(NC(=O)CSCC(N)C(=O)O)c1cccs1. The fraction of sp³-hybridized carbons (Fsp3) is 0.455. The molecular weight excluding hydrogens is 272 g/mol. The van der Waals surface area contributed by atoms with Crippen molar-refractivity contribution in [2.75, 3.05) is 11.5 Å². The number of hydrogen-bond donors (Lipinski definition) is 3.